The molecule has 29 heteroatoms. The van der Waals surface area contributed by atoms with Crippen LogP contribution in [-0.4, -0.2) is 195 Å². The Hall–Kier alpha value is -8.04. The van der Waals surface area contributed by atoms with Gasteiger partial charge in [0, 0.05) is 39.6 Å². The van der Waals surface area contributed by atoms with E-state index in [0.29, 0.717) is 6.42 Å². The maximum Gasteiger partial charge on any atom is 0.244 e. The Balaban J connectivity index is -0.0000000235. The molecule has 0 spiro atoms. The second-order valence-electron chi connectivity index (χ2n) is 13.5. The van der Waals surface area contributed by atoms with Crippen molar-refractivity contribution in [2.24, 2.45) is 46.1 Å². The second-order valence-corrected chi connectivity index (χ2v) is 13.5. The molecule has 29 nitrogen and oxygen atoms in total. The monoisotopic (exact) mass is 1470 g/mol. The summed E-state index contributed by atoms with van der Waals surface area (Å²) in [6, 6.07) is 29.2. The number of hydrogen-bond donors (Lipinski definition) is 13. The maximum atomic E-state index is 12.8. The Labute approximate surface area is 619 Å². The van der Waals surface area contributed by atoms with E-state index in [0.717, 1.165) is 56.7 Å². The summed E-state index contributed by atoms with van der Waals surface area (Å²) >= 11 is 0. The Morgan fingerprint density at radius 3 is 0.762 bits per heavy atom. The smallest absolute Gasteiger partial charge is 0.244 e. The number of likely N-dealkylation sites (N-methyl/N-ethyl adjacent to an activating group) is 1. The summed E-state index contributed by atoms with van der Waals surface area (Å²) in [5.41, 5.74) is 35.3. The predicted molar refractivity (Wildman–Crippen MR) is 440 cm³/mol. The average Bonchev–Trinajstić information content (AvgIpc) is 1.12. The topological polar surface area (TPSA) is 600 Å². The number of hydrogen-bond acceptors (Lipinski definition) is 26. The van der Waals surface area contributed by atoms with Gasteiger partial charge in [-0.25, -0.2) is 0 Å². The largest absolute Gasteiger partial charge is 0.394 e. The number of carbonyl (C=O) groups is 14. The first kappa shape index (κ1) is 186. The summed E-state index contributed by atoms with van der Waals surface area (Å²) in [5, 5.41) is 10.9. The fourth-order valence-electron chi connectivity index (χ4n) is 4.65. The first-order valence-electron chi connectivity index (χ1n) is 31.1. The zero-order chi connectivity index (χ0) is 84.6. The molecule has 28 N–H and O–H groups in total. The van der Waals surface area contributed by atoms with E-state index in [1.165, 1.54) is 78.7 Å². The fourth-order valence-corrected chi connectivity index (χ4v) is 4.65. The van der Waals surface area contributed by atoms with E-state index in [1.54, 1.807) is 27.8 Å². The molecule has 0 aromatic heterocycles. The fraction of sp³-hybridized carbons (Fsp3) is 0.556. The standard InChI is InChI=1S/C20H29N3O3.2C8H10.C5H12.C3H8O.5C2H6.7CH5N.11CH2O.4H3N/c1-15(20(26)23-12-8-5-9-13-23)21-19(25)18(22(3)16(2)24)14-17-10-6-4-7-11-17;2*1-2-8-6-4-3-5-7-8;1-4-5(2)3;1-3(2)4;23*1-2;;;;/h4,6-7,10-11,15,18H,5,8-9,12-14H2,1-3H3,(H,21,25);2*3-7H,2H2,1H3;5H,4H2,1-3H3;3-4H,1-2H3;5*1-2H3;7*2H2,1H3;11*1H2;4*1H3/t15-,18-;;;;;;;;;;;;;;;;;;;;;;;;;;;;;;;/m0.............................../s1. The molecule has 101 heavy (non-hydrogen) atoms. The Kier molecular flexibility index (Phi) is 500. The third-order valence-corrected chi connectivity index (χ3v) is 8.25. The van der Waals surface area contributed by atoms with Crippen LogP contribution in [0, 0.1) is 5.92 Å². The van der Waals surface area contributed by atoms with Crippen molar-refractivity contribution < 1.29 is 72.2 Å². The number of nitrogens with two attached hydrogens (primary N) is 7. The minimum absolute atomic E-state index is 0. The number of amides is 3. The van der Waals surface area contributed by atoms with E-state index in [1.807, 2.05) is 191 Å². The Morgan fingerprint density at radius 1 is 0.416 bits per heavy atom. The number of aliphatic hydroxyl groups is 1. The molecule has 3 aromatic carbocycles. The van der Waals surface area contributed by atoms with Gasteiger partial charge in [0.2, 0.25) is 17.7 Å². The van der Waals surface area contributed by atoms with E-state index in [-0.39, 0.29) is 48.4 Å². The molecule has 1 aliphatic rings. The van der Waals surface area contributed by atoms with Gasteiger partial charge in [-0.05, 0) is 125 Å². The van der Waals surface area contributed by atoms with Crippen LogP contribution in [0.25, 0.3) is 0 Å². The van der Waals surface area contributed by atoms with Crippen LogP contribution in [-0.2, 0) is 86.4 Å². The molecule has 616 valence electrons. The summed E-state index contributed by atoms with van der Waals surface area (Å²) in [6.07, 6.45) is 6.99. The summed E-state index contributed by atoms with van der Waals surface area (Å²) < 4.78 is 0. The van der Waals surface area contributed by atoms with Gasteiger partial charge in [0.15, 0.2) is 0 Å². The number of rotatable bonds is 9. The lowest BCUT2D eigenvalue weighted by Gasteiger charge is -2.31. The molecule has 0 bridgehead atoms. The number of carbonyl (C=O) groups excluding carboxylic acids is 14. The van der Waals surface area contributed by atoms with Crippen molar-refractivity contribution in [3.05, 3.63) is 108 Å². The first-order valence-corrected chi connectivity index (χ1v) is 31.1. The molecular weight excluding hydrogens is 1300 g/mol. The highest BCUT2D eigenvalue weighted by atomic mass is 16.3. The lowest BCUT2D eigenvalue weighted by molar-refractivity contribution is -0.140. The summed E-state index contributed by atoms with van der Waals surface area (Å²) in [5.74, 6) is 0.345. The molecule has 0 unspecified atom stereocenters. The van der Waals surface area contributed by atoms with Crippen LogP contribution in [0.2, 0.25) is 0 Å². The van der Waals surface area contributed by atoms with Crippen molar-refractivity contribution in [2.45, 2.75) is 195 Å². The lowest BCUT2D eigenvalue weighted by Crippen LogP contribution is -2.54. The highest BCUT2D eigenvalue weighted by Gasteiger charge is 2.29. The normalized spacial score (nSPS) is 7.67. The number of aryl methyl sites for hydroxylation is 2. The summed E-state index contributed by atoms with van der Waals surface area (Å²) in [7, 11) is 12.1. The van der Waals surface area contributed by atoms with Crippen LogP contribution < -0.4 is 70.1 Å². The molecular formula is C72H168N14O15. The van der Waals surface area contributed by atoms with Crippen LogP contribution in [0.15, 0.2) is 91.0 Å². The average molecular weight is 1470 g/mol. The highest BCUT2D eigenvalue weighted by molar-refractivity contribution is 5.91. The van der Waals surface area contributed by atoms with Gasteiger partial charge in [-0.1, -0.05) is 201 Å². The van der Waals surface area contributed by atoms with Gasteiger partial charge in [-0.2, -0.15) is 0 Å². The van der Waals surface area contributed by atoms with Crippen LogP contribution >= 0.6 is 0 Å². The number of nitrogens with zero attached hydrogens (tertiary/aromatic N) is 2. The zero-order valence-corrected chi connectivity index (χ0v) is 69.5. The van der Waals surface area contributed by atoms with Gasteiger partial charge >= 0.3 is 0 Å². The third kappa shape index (κ3) is 222. The van der Waals surface area contributed by atoms with E-state index in [2.05, 4.69) is 129 Å². The van der Waals surface area contributed by atoms with Gasteiger partial charge in [0.1, 0.15) is 86.8 Å². The molecule has 1 saturated heterocycles. The van der Waals surface area contributed by atoms with Gasteiger partial charge in [-0.3, -0.25) is 14.4 Å². The van der Waals surface area contributed by atoms with Crippen molar-refractivity contribution in [3.8, 4) is 0 Å². The molecule has 1 fully saturated rings. The number of piperidine rings is 1. The second kappa shape index (κ2) is 271. The Morgan fingerprint density at radius 2 is 0.604 bits per heavy atom. The molecule has 3 aromatic rings. The third-order valence-electron chi connectivity index (χ3n) is 8.25. The van der Waals surface area contributed by atoms with Crippen molar-refractivity contribution in [3.63, 3.8) is 0 Å². The molecule has 4 rings (SSSR count). The van der Waals surface area contributed by atoms with Crippen molar-refractivity contribution in [2.75, 3.05) is 69.5 Å². The van der Waals surface area contributed by atoms with Gasteiger partial charge in [0.05, 0.1) is 0 Å². The Bertz CT molecular complexity index is 1470. The van der Waals surface area contributed by atoms with Crippen molar-refractivity contribution >= 4 is 92.4 Å². The minimum Gasteiger partial charge on any atom is -0.394 e. The SMILES string of the molecule is C=O.C=O.C=O.C=O.C=O.C=O.C=O.C=O.C=O.C=O.C=O.CC.CC.CC.CC.CC.CC(=O)N(C)[C@@H](Cc1ccccc1)C(=O)N[C@@H](C)C(=O)N1CCCCC1.CC(C)O.CCC(C)C.CCc1ccccc1.CCc1ccccc1.CN.CN.CN.CN.CN.CN.CN.N.N.N.N. The van der Waals surface area contributed by atoms with E-state index in [9.17, 15) is 14.4 Å². The molecule has 1 aliphatic heterocycles. The van der Waals surface area contributed by atoms with E-state index in [4.69, 9.17) is 57.8 Å². The molecule has 3 amide bonds. The van der Waals surface area contributed by atoms with Gasteiger partial charge in [-0.15, -0.1) is 0 Å². The number of likely N-dealkylation sites (tertiary alicyclic amines) is 1. The van der Waals surface area contributed by atoms with Crippen LogP contribution in [0.4, 0.5) is 0 Å². The molecule has 1 heterocycles. The van der Waals surface area contributed by atoms with Gasteiger partial charge in [0.25, 0.3) is 0 Å². The molecule has 0 saturated carbocycles. The molecule has 2 atom stereocenters. The summed E-state index contributed by atoms with van der Waals surface area (Å²) in [4.78, 5) is 128. The maximum absolute atomic E-state index is 12.8. The van der Waals surface area contributed by atoms with Crippen molar-refractivity contribution in [1.29, 1.82) is 0 Å². The van der Waals surface area contributed by atoms with E-state index >= 15 is 0 Å². The van der Waals surface area contributed by atoms with Gasteiger partial charge < -0.3 is 138 Å². The summed E-state index contributed by atoms with van der Waals surface area (Å²) in [6.45, 7) is 61.1. The highest BCUT2D eigenvalue weighted by Crippen LogP contribution is 2.12. The number of nitrogens with one attached hydrogen (secondary N) is 1. The van der Waals surface area contributed by atoms with Crippen LogP contribution in [0.3, 0.4) is 0 Å². The predicted octanol–water partition coefficient (Wildman–Crippen LogP) is 9.30. The first-order chi connectivity index (χ1) is 47.3. The quantitative estimate of drug-likeness (QED) is 0.0948. The molecule has 0 radical (unpaired) electrons. The minimum atomic E-state index is -0.647. The zero-order valence-electron chi connectivity index (χ0n) is 69.5. The molecule has 0 aliphatic carbocycles. The van der Waals surface area contributed by atoms with E-state index < -0.39 is 12.1 Å². The lowest BCUT2D eigenvalue weighted by atomic mass is 10.0. The van der Waals surface area contributed by atoms with Crippen LogP contribution in [0.5, 0.6) is 0 Å². The number of benzene rings is 3. The van der Waals surface area contributed by atoms with Crippen LogP contribution in [0.1, 0.15) is 174 Å². The van der Waals surface area contributed by atoms with Crippen molar-refractivity contribution in [1.82, 2.24) is 39.7 Å². The number of aliphatic hydroxyl groups excluding tert-OH is 1.